The Morgan fingerprint density at radius 2 is 2.15 bits per heavy atom. The smallest absolute Gasteiger partial charge is 0.154 e. The largest absolute Gasteiger partial charge is 0.250 e. The highest BCUT2D eigenvalue weighted by molar-refractivity contribution is 7.90. The van der Waals surface area contributed by atoms with Gasteiger partial charge in [-0.3, -0.25) is 0 Å². The van der Waals surface area contributed by atoms with Crippen LogP contribution < -0.4 is 0 Å². The number of hydrogen-bond donors (Lipinski definition) is 0. The maximum absolute atomic E-state index is 12.2. The van der Waals surface area contributed by atoms with Crippen LogP contribution in [0.3, 0.4) is 0 Å². The molecule has 0 unspecified atom stereocenters. The Morgan fingerprint density at radius 3 is 2.85 bits per heavy atom. The van der Waals surface area contributed by atoms with Crippen molar-refractivity contribution in [2.45, 2.75) is 30.9 Å². The van der Waals surface area contributed by atoms with Crippen LogP contribution in [0, 0.1) is 0 Å². The molecule has 0 bridgehead atoms. The highest BCUT2D eigenvalue weighted by atomic mass is 32.2. The van der Waals surface area contributed by atoms with E-state index in [2.05, 4.69) is 17.1 Å². The number of nitrogens with zero attached hydrogens (tertiary/aromatic N) is 1. The molecule has 0 saturated heterocycles. The first-order chi connectivity index (χ1) is 9.62. The van der Waals surface area contributed by atoms with Gasteiger partial charge in [0.1, 0.15) is 0 Å². The Kier molecular flexibility index (Phi) is 3.89. The molecular weight excluding hydrogens is 290 g/mol. The molecule has 0 radical (unpaired) electrons. The Balaban J connectivity index is 1.64. The van der Waals surface area contributed by atoms with Crippen LogP contribution in [0.15, 0.2) is 35.2 Å². The summed E-state index contributed by atoms with van der Waals surface area (Å²) < 4.78 is 24.3. The molecule has 2 aromatic rings. The number of rotatable bonds is 6. The van der Waals surface area contributed by atoms with Crippen LogP contribution in [0.4, 0.5) is 0 Å². The number of aromatic nitrogens is 1. The first-order valence-corrected chi connectivity index (χ1v) is 9.55. The molecule has 1 aromatic heterocycles. The minimum Gasteiger partial charge on any atom is -0.250 e. The molecule has 3 rings (SSSR count). The third-order valence-electron chi connectivity index (χ3n) is 3.54. The highest BCUT2D eigenvalue weighted by Crippen LogP contribution is 2.40. The number of sulfone groups is 1. The lowest BCUT2D eigenvalue weighted by Crippen LogP contribution is -2.11. The zero-order chi connectivity index (χ0) is 14.0. The number of benzene rings is 1. The average Bonchev–Trinajstić information content (AvgIpc) is 3.13. The van der Waals surface area contributed by atoms with Gasteiger partial charge in [-0.05, 0) is 29.9 Å². The van der Waals surface area contributed by atoms with E-state index >= 15 is 0 Å². The summed E-state index contributed by atoms with van der Waals surface area (Å²) in [5.74, 6) is 0.967. The molecule has 1 aromatic carbocycles. The van der Waals surface area contributed by atoms with E-state index in [9.17, 15) is 8.42 Å². The van der Waals surface area contributed by atoms with Gasteiger partial charge < -0.3 is 0 Å². The Hall–Kier alpha value is -1.20. The van der Waals surface area contributed by atoms with E-state index in [-0.39, 0.29) is 11.5 Å². The van der Waals surface area contributed by atoms with Crippen LogP contribution in [0.2, 0.25) is 0 Å². The number of aryl methyl sites for hydroxylation is 1. The molecule has 0 aliphatic heterocycles. The molecule has 0 amide bonds. The van der Waals surface area contributed by atoms with Crippen molar-refractivity contribution >= 4 is 21.2 Å². The molecule has 106 valence electrons. The van der Waals surface area contributed by atoms with Crippen molar-refractivity contribution in [3.8, 4) is 0 Å². The summed E-state index contributed by atoms with van der Waals surface area (Å²) in [5, 5.41) is 1.91. The maximum atomic E-state index is 12.2. The van der Waals surface area contributed by atoms with E-state index in [1.165, 1.54) is 29.7 Å². The summed E-state index contributed by atoms with van der Waals surface area (Å²) in [6.45, 7) is 0. The normalized spacial score (nSPS) is 15.4. The van der Waals surface area contributed by atoms with Gasteiger partial charge in [0, 0.05) is 11.8 Å². The van der Waals surface area contributed by atoms with Crippen molar-refractivity contribution in [2.75, 3.05) is 5.75 Å². The van der Waals surface area contributed by atoms with Crippen molar-refractivity contribution in [2.24, 2.45) is 0 Å². The van der Waals surface area contributed by atoms with E-state index < -0.39 is 9.84 Å². The first-order valence-electron chi connectivity index (χ1n) is 6.79. The predicted octanol–water partition coefficient (Wildman–Crippen LogP) is 3.18. The van der Waals surface area contributed by atoms with Crippen molar-refractivity contribution in [1.82, 2.24) is 4.98 Å². The van der Waals surface area contributed by atoms with Gasteiger partial charge in [0.25, 0.3) is 0 Å². The second kappa shape index (κ2) is 5.66. The van der Waals surface area contributed by atoms with Crippen molar-refractivity contribution in [1.29, 1.82) is 0 Å². The van der Waals surface area contributed by atoms with Gasteiger partial charge in [-0.15, -0.1) is 11.3 Å². The zero-order valence-electron chi connectivity index (χ0n) is 11.2. The van der Waals surface area contributed by atoms with Crippen molar-refractivity contribution < 1.29 is 8.42 Å². The van der Waals surface area contributed by atoms with Gasteiger partial charge in [0.2, 0.25) is 0 Å². The van der Waals surface area contributed by atoms with Gasteiger partial charge in [-0.25, -0.2) is 13.4 Å². The lowest BCUT2D eigenvalue weighted by Gasteiger charge is -2.06. The fourth-order valence-corrected chi connectivity index (χ4v) is 4.25. The van der Waals surface area contributed by atoms with E-state index in [1.807, 2.05) is 17.5 Å². The fourth-order valence-electron chi connectivity index (χ4n) is 2.30. The van der Waals surface area contributed by atoms with Crippen LogP contribution in [0.1, 0.15) is 35.6 Å². The number of thiazole rings is 1. The minimum atomic E-state index is -3.07. The molecule has 1 heterocycles. The van der Waals surface area contributed by atoms with Crippen molar-refractivity contribution in [3.63, 3.8) is 0 Å². The van der Waals surface area contributed by atoms with Crippen LogP contribution in [-0.2, 0) is 22.0 Å². The molecule has 1 aliphatic carbocycles. The summed E-state index contributed by atoms with van der Waals surface area (Å²) >= 11 is 1.50. The second-order valence-electron chi connectivity index (χ2n) is 5.34. The highest BCUT2D eigenvalue weighted by Gasteiger charge is 2.23. The molecule has 20 heavy (non-hydrogen) atoms. The molecular formula is C15H17NO2S2. The van der Waals surface area contributed by atoms with Gasteiger partial charge in [0.15, 0.2) is 9.84 Å². The van der Waals surface area contributed by atoms with Gasteiger partial charge >= 0.3 is 0 Å². The van der Waals surface area contributed by atoms with Gasteiger partial charge in [0.05, 0.1) is 22.7 Å². The van der Waals surface area contributed by atoms with Gasteiger partial charge in [-0.1, -0.05) is 24.3 Å². The lowest BCUT2D eigenvalue weighted by atomic mass is 10.1. The van der Waals surface area contributed by atoms with Crippen LogP contribution in [0.5, 0.6) is 0 Å². The SMILES string of the molecule is O=S(=O)(CCc1cscn1)Cc1cccc(C2CC2)c1. The monoisotopic (exact) mass is 307 g/mol. The molecule has 1 saturated carbocycles. The van der Waals surface area contributed by atoms with Crippen LogP contribution in [0.25, 0.3) is 0 Å². The van der Waals surface area contributed by atoms with Crippen molar-refractivity contribution in [3.05, 3.63) is 52.0 Å². The summed E-state index contributed by atoms with van der Waals surface area (Å²) in [5.41, 5.74) is 4.80. The quantitative estimate of drug-likeness (QED) is 0.823. The number of hydrogen-bond acceptors (Lipinski definition) is 4. The first kappa shape index (κ1) is 13.8. The molecule has 0 spiro atoms. The molecule has 1 aliphatic rings. The summed E-state index contributed by atoms with van der Waals surface area (Å²) in [4.78, 5) is 4.13. The zero-order valence-corrected chi connectivity index (χ0v) is 12.8. The topological polar surface area (TPSA) is 47.0 Å². The van der Waals surface area contributed by atoms with E-state index in [0.717, 1.165) is 11.3 Å². The van der Waals surface area contributed by atoms with Crippen LogP contribution in [-0.4, -0.2) is 19.2 Å². The lowest BCUT2D eigenvalue weighted by molar-refractivity contribution is 0.594. The van der Waals surface area contributed by atoms with Gasteiger partial charge in [-0.2, -0.15) is 0 Å². The van der Waals surface area contributed by atoms with E-state index in [4.69, 9.17) is 0 Å². The average molecular weight is 307 g/mol. The molecule has 5 heteroatoms. The Bertz CT molecular complexity index is 674. The molecule has 0 N–H and O–H groups in total. The standard InChI is InChI=1S/C15H17NO2S2/c17-20(18,7-6-15-9-19-11-16-15)10-12-2-1-3-14(8-12)13-4-5-13/h1-3,8-9,11,13H,4-7,10H2. The third kappa shape index (κ3) is 3.67. The maximum Gasteiger partial charge on any atom is 0.154 e. The fraction of sp³-hybridized carbons (Fsp3) is 0.400. The second-order valence-corrected chi connectivity index (χ2v) is 8.24. The Labute approximate surface area is 123 Å². The summed E-state index contributed by atoms with van der Waals surface area (Å²) in [7, 11) is -3.07. The van der Waals surface area contributed by atoms with E-state index in [1.54, 1.807) is 5.51 Å². The summed E-state index contributed by atoms with van der Waals surface area (Å²) in [6.07, 6.45) is 2.98. The molecule has 3 nitrogen and oxygen atoms in total. The third-order valence-corrected chi connectivity index (χ3v) is 5.77. The molecule has 0 atom stereocenters. The molecule has 1 fully saturated rings. The Morgan fingerprint density at radius 1 is 1.30 bits per heavy atom. The predicted molar refractivity (Wildman–Crippen MR) is 81.7 cm³/mol. The van der Waals surface area contributed by atoms with E-state index in [0.29, 0.717) is 12.3 Å². The minimum absolute atomic E-state index is 0.137. The van der Waals surface area contributed by atoms with Crippen LogP contribution >= 0.6 is 11.3 Å². The summed E-state index contributed by atoms with van der Waals surface area (Å²) in [6, 6.07) is 8.03.